The van der Waals surface area contributed by atoms with Crippen molar-refractivity contribution in [3.63, 3.8) is 0 Å². The molecule has 15 heavy (non-hydrogen) atoms. The van der Waals surface area contributed by atoms with Gasteiger partial charge in [-0.2, -0.15) is 0 Å². The quantitative estimate of drug-likeness (QED) is 0.696. The van der Waals surface area contributed by atoms with Crippen LogP contribution in [0.15, 0.2) is 0 Å². The van der Waals surface area contributed by atoms with Crippen molar-refractivity contribution in [2.24, 2.45) is 17.6 Å². The third kappa shape index (κ3) is 2.94. The van der Waals surface area contributed by atoms with Crippen LogP contribution in [0.25, 0.3) is 0 Å². The zero-order chi connectivity index (χ0) is 10.9. The van der Waals surface area contributed by atoms with Gasteiger partial charge in [0.05, 0.1) is 5.54 Å². The fourth-order valence-corrected chi connectivity index (χ4v) is 2.16. The van der Waals surface area contributed by atoms with Crippen molar-refractivity contribution in [3.8, 4) is 0 Å². The van der Waals surface area contributed by atoms with Crippen LogP contribution in [0.1, 0.15) is 45.4 Å². The van der Waals surface area contributed by atoms with Gasteiger partial charge in [-0.3, -0.25) is 4.79 Å². The smallest absolute Gasteiger partial charge is 0.220 e. The van der Waals surface area contributed by atoms with Crippen LogP contribution in [0.5, 0.6) is 0 Å². The van der Waals surface area contributed by atoms with Gasteiger partial charge >= 0.3 is 0 Å². The SMILES string of the molecule is CC(CN)(NC(=O)CCC1CC1)C1CC1. The highest BCUT2D eigenvalue weighted by Gasteiger charge is 2.41. The summed E-state index contributed by atoms with van der Waals surface area (Å²) in [5.74, 6) is 1.65. The van der Waals surface area contributed by atoms with Gasteiger partial charge in [0.25, 0.3) is 0 Å². The molecule has 1 atom stereocenters. The van der Waals surface area contributed by atoms with Gasteiger partial charge in [0.2, 0.25) is 5.91 Å². The lowest BCUT2D eigenvalue weighted by Crippen LogP contribution is -2.53. The molecule has 0 heterocycles. The lowest BCUT2D eigenvalue weighted by molar-refractivity contribution is -0.123. The van der Waals surface area contributed by atoms with Gasteiger partial charge < -0.3 is 11.1 Å². The molecule has 2 rings (SSSR count). The summed E-state index contributed by atoms with van der Waals surface area (Å²) in [4.78, 5) is 11.7. The summed E-state index contributed by atoms with van der Waals surface area (Å²) in [5.41, 5.74) is 5.61. The van der Waals surface area contributed by atoms with Gasteiger partial charge in [-0.05, 0) is 38.0 Å². The van der Waals surface area contributed by atoms with E-state index in [9.17, 15) is 4.79 Å². The Morgan fingerprint density at radius 2 is 2.07 bits per heavy atom. The fraction of sp³-hybridized carbons (Fsp3) is 0.917. The van der Waals surface area contributed by atoms with Crippen molar-refractivity contribution in [2.75, 3.05) is 6.54 Å². The van der Waals surface area contributed by atoms with Crippen molar-refractivity contribution in [3.05, 3.63) is 0 Å². The summed E-state index contributed by atoms with van der Waals surface area (Å²) in [6.07, 6.45) is 6.84. The average Bonchev–Trinajstić information content (AvgIpc) is 3.04. The molecule has 86 valence electrons. The minimum Gasteiger partial charge on any atom is -0.349 e. The second-order valence-corrected chi connectivity index (χ2v) is 5.43. The van der Waals surface area contributed by atoms with Gasteiger partial charge in [-0.1, -0.05) is 12.8 Å². The Hall–Kier alpha value is -0.570. The van der Waals surface area contributed by atoms with Crippen LogP contribution in [0.2, 0.25) is 0 Å². The third-order valence-corrected chi connectivity index (χ3v) is 3.80. The monoisotopic (exact) mass is 210 g/mol. The molecule has 2 fully saturated rings. The molecule has 2 saturated carbocycles. The number of amides is 1. The van der Waals surface area contributed by atoms with E-state index in [1.807, 2.05) is 0 Å². The molecular weight excluding hydrogens is 188 g/mol. The van der Waals surface area contributed by atoms with Crippen molar-refractivity contribution >= 4 is 5.91 Å². The number of hydrogen-bond acceptors (Lipinski definition) is 2. The first-order valence-corrected chi connectivity index (χ1v) is 6.15. The van der Waals surface area contributed by atoms with Crippen LogP contribution in [0.4, 0.5) is 0 Å². The maximum absolute atomic E-state index is 11.7. The first kappa shape index (κ1) is 10.9. The molecule has 0 aliphatic heterocycles. The first-order valence-electron chi connectivity index (χ1n) is 6.15. The topological polar surface area (TPSA) is 55.1 Å². The van der Waals surface area contributed by atoms with Crippen LogP contribution in [0, 0.1) is 11.8 Å². The van der Waals surface area contributed by atoms with E-state index >= 15 is 0 Å². The van der Waals surface area contributed by atoms with Crippen molar-refractivity contribution in [1.29, 1.82) is 0 Å². The van der Waals surface area contributed by atoms with E-state index in [2.05, 4.69) is 12.2 Å². The fourth-order valence-electron chi connectivity index (χ4n) is 2.16. The summed E-state index contributed by atoms with van der Waals surface area (Å²) in [6.45, 7) is 2.65. The second-order valence-electron chi connectivity index (χ2n) is 5.43. The number of nitrogens with two attached hydrogens (primary N) is 1. The maximum Gasteiger partial charge on any atom is 0.220 e. The highest BCUT2D eigenvalue weighted by atomic mass is 16.1. The largest absolute Gasteiger partial charge is 0.349 e. The maximum atomic E-state index is 11.7. The first-order chi connectivity index (χ1) is 7.14. The number of nitrogens with one attached hydrogen (secondary N) is 1. The molecule has 0 aromatic carbocycles. The van der Waals surface area contributed by atoms with E-state index in [0.29, 0.717) is 18.9 Å². The van der Waals surface area contributed by atoms with Crippen molar-refractivity contribution < 1.29 is 4.79 Å². The molecule has 2 aliphatic rings. The third-order valence-electron chi connectivity index (χ3n) is 3.80. The molecule has 3 nitrogen and oxygen atoms in total. The zero-order valence-electron chi connectivity index (χ0n) is 9.59. The van der Waals surface area contributed by atoms with Crippen molar-refractivity contribution in [1.82, 2.24) is 5.32 Å². The van der Waals surface area contributed by atoms with E-state index < -0.39 is 0 Å². The number of carbonyl (C=O) groups excluding carboxylic acids is 1. The van der Waals surface area contributed by atoms with Crippen molar-refractivity contribution in [2.45, 2.75) is 51.0 Å². The van der Waals surface area contributed by atoms with E-state index in [1.54, 1.807) is 0 Å². The molecule has 1 unspecified atom stereocenters. The van der Waals surface area contributed by atoms with E-state index in [0.717, 1.165) is 12.3 Å². The molecule has 3 N–H and O–H groups in total. The summed E-state index contributed by atoms with van der Waals surface area (Å²) in [6, 6.07) is 0. The van der Waals surface area contributed by atoms with Gasteiger partial charge in [0.15, 0.2) is 0 Å². The summed E-state index contributed by atoms with van der Waals surface area (Å²) in [5, 5.41) is 3.12. The lowest BCUT2D eigenvalue weighted by atomic mass is 9.95. The van der Waals surface area contributed by atoms with Crippen LogP contribution in [0.3, 0.4) is 0 Å². The summed E-state index contributed by atoms with van der Waals surface area (Å²) >= 11 is 0. The number of hydrogen-bond donors (Lipinski definition) is 2. The van der Waals surface area contributed by atoms with E-state index in [1.165, 1.54) is 25.7 Å². The Kier molecular flexibility index (Phi) is 3.01. The molecule has 2 aliphatic carbocycles. The Morgan fingerprint density at radius 3 is 2.53 bits per heavy atom. The lowest BCUT2D eigenvalue weighted by Gasteiger charge is -2.29. The molecule has 0 radical (unpaired) electrons. The normalized spacial score (nSPS) is 24.7. The van der Waals surface area contributed by atoms with Gasteiger partial charge in [0.1, 0.15) is 0 Å². The number of rotatable bonds is 6. The summed E-state index contributed by atoms with van der Waals surface area (Å²) in [7, 11) is 0. The van der Waals surface area contributed by atoms with Crippen LogP contribution in [-0.2, 0) is 4.79 Å². The predicted molar refractivity (Wildman–Crippen MR) is 60.3 cm³/mol. The Labute approximate surface area is 91.8 Å². The predicted octanol–water partition coefficient (Wildman–Crippen LogP) is 1.42. The second kappa shape index (κ2) is 4.12. The molecule has 0 aromatic rings. The Morgan fingerprint density at radius 1 is 1.40 bits per heavy atom. The molecule has 1 amide bonds. The Balaban J connectivity index is 1.74. The van der Waals surface area contributed by atoms with E-state index in [-0.39, 0.29) is 11.4 Å². The standard InChI is InChI=1S/C12H22N2O/c1-12(8-13,10-5-6-10)14-11(15)7-4-9-2-3-9/h9-10H,2-8,13H2,1H3,(H,14,15). The molecule has 0 saturated heterocycles. The minimum absolute atomic E-state index is 0.138. The molecule has 0 aromatic heterocycles. The molecule has 3 heteroatoms. The molecular formula is C12H22N2O. The average molecular weight is 210 g/mol. The minimum atomic E-state index is -0.138. The van der Waals surface area contributed by atoms with Crippen LogP contribution in [-0.4, -0.2) is 18.0 Å². The Bertz CT molecular complexity index is 246. The highest BCUT2D eigenvalue weighted by molar-refractivity contribution is 5.76. The zero-order valence-corrected chi connectivity index (χ0v) is 9.59. The summed E-state index contributed by atoms with van der Waals surface area (Å²) < 4.78 is 0. The van der Waals surface area contributed by atoms with Crippen LogP contribution < -0.4 is 11.1 Å². The number of carbonyl (C=O) groups is 1. The molecule has 0 bridgehead atoms. The van der Waals surface area contributed by atoms with Gasteiger partial charge in [0, 0.05) is 13.0 Å². The van der Waals surface area contributed by atoms with Crippen LogP contribution >= 0.6 is 0 Å². The van der Waals surface area contributed by atoms with Gasteiger partial charge in [-0.15, -0.1) is 0 Å². The van der Waals surface area contributed by atoms with E-state index in [4.69, 9.17) is 5.73 Å². The molecule has 0 spiro atoms. The van der Waals surface area contributed by atoms with Gasteiger partial charge in [-0.25, -0.2) is 0 Å². The highest BCUT2D eigenvalue weighted by Crippen LogP contribution is 2.39.